The van der Waals surface area contributed by atoms with E-state index in [0.29, 0.717) is 0 Å². The molecule has 0 aliphatic rings. The minimum atomic E-state index is 1.21. The molecule has 0 unspecified atom stereocenters. The molecule has 0 N–H and O–H groups in total. The third kappa shape index (κ3) is 6.10. The van der Waals surface area contributed by atoms with Gasteiger partial charge in [0.1, 0.15) is 0 Å². The topological polar surface area (TPSA) is 0 Å². The van der Waals surface area contributed by atoms with E-state index in [1.165, 1.54) is 151 Å². The van der Waals surface area contributed by atoms with Crippen molar-refractivity contribution in [3.63, 3.8) is 0 Å². The van der Waals surface area contributed by atoms with E-state index in [4.69, 9.17) is 0 Å². The molecular weight excluding hydrogens is 873 g/mol. The molecule has 1 heterocycles. The molecule has 15 aromatic rings. The predicted octanol–water partition coefficient (Wildman–Crippen LogP) is 20.5. The first-order valence-corrected chi connectivity index (χ1v) is 25.4. The highest BCUT2D eigenvalue weighted by Gasteiger charge is 2.21. The van der Waals surface area contributed by atoms with Gasteiger partial charge in [-0.1, -0.05) is 243 Å². The third-order valence-corrected chi connectivity index (χ3v) is 16.4. The van der Waals surface area contributed by atoms with Crippen LogP contribution in [0, 0.1) is 0 Å². The number of rotatable bonds is 5. The van der Waals surface area contributed by atoms with Gasteiger partial charge in [-0.2, -0.15) is 0 Å². The summed E-state index contributed by atoms with van der Waals surface area (Å²) in [5.74, 6) is 0. The Morgan fingerprint density at radius 2 is 0.465 bits per heavy atom. The minimum Gasteiger partial charge on any atom is -0.135 e. The number of hydrogen-bond donors (Lipinski definition) is 0. The van der Waals surface area contributed by atoms with Crippen molar-refractivity contribution in [1.29, 1.82) is 0 Å². The molecule has 0 spiro atoms. The van der Waals surface area contributed by atoms with Gasteiger partial charge < -0.3 is 0 Å². The van der Waals surface area contributed by atoms with E-state index in [-0.39, 0.29) is 0 Å². The Morgan fingerprint density at radius 1 is 0.169 bits per heavy atom. The van der Waals surface area contributed by atoms with Crippen molar-refractivity contribution in [2.75, 3.05) is 0 Å². The average Bonchev–Trinajstić information content (AvgIpc) is 3.82. The summed E-state index contributed by atoms with van der Waals surface area (Å²) in [4.78, 5) is 0. The zero-order chi connectivity index (χ0) is 46.6. The van der Waals surface area contributed by atoms with Crippen LogP contribution in [0.15, 0.2) is 255 Å². The van der Waals surface area contributed by atoms with Gasteiger partial charge in [-0.15, -0.1) is 11.3 Å². The maximum Gasteiger partial charge on any atom is 0.0362 e. The molecule has 1 heteroatoms. The monoisotopic (exact) mass is 914 g/mol. The second-order valence-electron chi connectivity index (χ2n) is 19.0. The Kier molecular flexibility index (Phi) is 8.93. The molecule has 0 fully saturated rings. The first-order valence-electron chi connectivity index (χ1n) is 24.6. The molecule has 14 aromatic carbocycles. The lowest BCUT2D eigenvalue weighted by Gasteiger charge is -2.19. The van der Waals surface area contributed by atoms with Gasteiger partial charge in [0.05, 0.1) is 0 Å². The highest BCUT2D eigenvalue weighted by atomic mass is 32.1. The maximum absolute atomic E-state index is 2.46. The van der Waals surface area contributed by atoms with Gasteiger partial charge in [-0.25, -0.2) is 0 Å². The van der Waals surface area contributed by atoms with Crippen LogP contribution in [0.4, 0.5) is 0 Å². The van der Waals surface area contributed by atoms with Crippen LogP contribution in [-0.2, 0) is 0 Å². The van der Waals surface area contributed by atoms with Gasteiger partial charge in [-0.3, -0.25) is 0 Å². The highest BCUT2D eigenvalue weighted by molar-refractivity contribution is 7.26. The SMILES string of the molecule is c1ccc(-c2ccc(-c3c4ccccc4c(-c4ccc(-c5c6ccccc6c(-c6ccc7c(c6)sc6ccc8c9ccccc9c9ccccc9c8c67)c6ccccc56)cc4)c4ccccc34)cc2)cc1. The largest absolute Gasteiger partial charge is 0.135 e. The van der Waals surface area contributed by atoms with E-state index < -0.39 is 0 Å². The van der Waals surface area contributed by atoms with Crippen LogP contribution in [0.2, 0.25) is 0 Å². The lowest BCUT2D eigenvalue weighted by atomic mass is 9.84. The molecule has 0 amide bonds. The number of benzene rings is 14. The van der Waals surface area contributed by atoms with E-state index in [9.17, 15) is 0 Å². The molecule has 0 atom stereocenters. The Bertz CT molecular complexity index is 4500. The van der Waals surface area contributed by atoms with Crippen molar-refractivity contribution >= 4 is 107 Å². The molecule has 0 bridgehead atoms. The molecule has 0 aliphatic carbocycles. The molecule has 0 aliphatic heterocycles. The molecular formula is C70H42S. The summed E-state index contributed by atoms with van der Waals surface area (Å²) in [6.45, 7) is 0. The zero-order valence-corrected chi connectivity index (χ0v) is 39.5. The summed E-state index contributed by atoms with van der Waals surface area (Å²) in [5, 5.41) is 20.7. The quantitative estimate of drug-likeness (QED) is 0.119. The Hall–Kier alpha value is -8.88. The van der Waals surface area contributed by atoms with Crippen LogP contribution in [0.3, 0.4) is 0 Å². The van der Waals surface area contributed by atoms with Crippen molar-refractivity contribution in [2.45, 2.75) is 0 Å². The summed E-state index contributed by atoms with van der Waals surface area (Å²) in [5.41, 5.74) is 12.4. The predicted molar refractivity (Wildman–Crippen MR) is 309 cm³/mol. The van der Waals surface area contributed by atoms with Gasteiger partial charge in [0.15, 0.2) is 0 Å². The van der Waals surface area contributed by atoms with Gasteiger partial charge in [0, 0.05) is 20.2 Å². The first-order chi connectivity index (χ1) is 35.2. The summed E-state index contributed by atoms with van der Waals surface area (Å²) in [6, 6.07) is 94.9. The van der Waals surface area contributed by atoms with E-state index in [1.807, 2.05) is 11.3 Å². The number of fused-ring (bicyclic) bond motifs is 14. The molecule has 0 nitrogen and oxygen atoms in total. The highest BCUT2D eigenvalue weighted by Crippen LogP contribution is 2.49. The third-order valence-electron chi connectivity index (χ3n) is 15.2. The summed E-state index contributed by atoms with van der Waals surface area (Å²) in [7, 11) is 0. The van der Waals surface area contributed by atoms with E-state index in [1.54, 1.807) is 0 Å². The molecule has 328 valence electrons. The molecule has 0 saturated heterocycles. The van der Waals surface area contributed by atoms with Gasteiger partial charge in [0.25, 0.3) is 0 Å². The maximum atomic E-state index is 2.46. The second kappa shape index (κ2) is 15.8. The van der Waals surface area contributed by atoms with E-state index >= 15 is 0 Å². The van der Waals surface area contributed by atoms with Crippen molar-refractivity contribution < 1.29 is 0 Å². The van der Waals surface area contributed by atoms with Crippen LogP contribution in [-0.4, -0.2) is 0 Å². The van der Waals surface area contributed by atoms with Crippen molar-refractivity contribution in [3.8, 4) is 55.6 Å². The van der Waals surface area contributed by atoms with Crippen LogP contribution in [0.25, 0.3) is 151 Å². The van der Waals surface area contributed by atoms with Crippen LogP contribution in [0.5, 0.6) is 0 Å². The lowest BCUT2D eigenvalue weighted by Crippen LogP contribution is -1.92. The molecule has 0 radical (unpaired) electrons. The first kappa shape index (κ1) is 40.0. The van der Waals surface area contributed by atoms with Crippen LogP contribution in [0.1, 0.15) is 0 Å². The Labute approximate surface area is 414 Å². The smallest absolute Gasteiger partial charge is 0.0362 e. The van der Waals surface area contributed by atoms with Gasteiger partial charge in [-0.05, 0) is 143 Å². The Balaban J connectivity index is 0.878. The lowest BCUT2D eigenvalue weighted by molar-refractivity contribution is 1.61. The number of hydrogen-bond acceptors (Lipinski definition) is 1. The van der Waals surface area contributed by atoms with Crippen LogP contribution >= 0.6 is 11.3 Å². The fraction of sp³-hybridized carbons (Fsp3) is 0. The van der Waals surface area contributed by atoms with Crippen LogP contribution < -0.4 is 0 Å². The second-order valence-corrected chi connectivity index (χ2v) is 20.1. The van der Waals surface area contributed by atoms with E-state index in [0.717, 1.165) is 0 Å². The Morgan fingerprint density at radius 3 is 0.901 bits per heavy atom. The average molecular weight is 915 g/mol. The van der Waals surface area contributed by atoms with Gasteiger partial charge >= 0.3 is 0 Å². The molecule has 0 saturated carbocycles. The minimum absolute atomic E-state index is 1.21. The molecule has 15 rings (SSSR count). The van der Waals surface area contributed by atoms with Crippen molar-refractivity contribution in [2.24, 2.45) is 0 Å². The number of thiophene rings is 1. The molecule has 71 heavy (non-hydrogen) atoms. The standard InChI is InChI=1S/C70H42S/c1-2-16-43(17-3-1)44-30-32-45(33-31-44)65-53-22-8-10-24-55(53)66(56-25-11-9-23-54(56)65)46-34-36-47(37-35-46)67-57-26-12-14-28-59(57)68(60-29-15-13-27-58(60)67)48-38-39-62-64(42-48)71-63-41-40-61-51-20-5-4-18-49(51)50-19-6-7-21-52(50)69(61)70(62)63/h1-42H. The normalized spacial score (nSPS) is 11.9. The summed E-state index contributed by atoms with van der Waals surface area (Å²) in [6.07, 6.45) is 0. The van der Waals surface area contributed by atoms with E-state index in [2.05, 4.69) is 255 Å². The fourth-order valence-corrected chi connectivity index (χ4v) is 13.3. The zero-order valence-electron chi connectivity index (χ0n) is 38.7. The van der Waals surface area contributed by atoms with Gasteiger partial charge in [0.2, 0.25) is 0 Å². The fourth-order valence-electron chi connectivity index (χ4n) is 12.2. The summed E-state index contributed by atoms with van der Waals surface area (Å²) < 4.78 is 2.63. The van der Waals surface area contributed by atoms with Crippen molar-refractivity contribution in [3.05, 3.63) is 255 Å². The molecule has 1 aromatic heterocycles. The van der Waals surface area contributed by atoms with Crippen molar-refractivity contribution in [1.82, 2.24) is 0 Å². The summed E-state index contributed by atoms with van der Waals surface area (Å²) >= 11 is 1.91.